The van der Waals surface area contributed by atoms with Gasteiger partial charge in [0.15, 0.2) is 0 Å². The number of nitrogens with one attached hydrogen (secondary N) is 2. The maximum Gasteiger partial charge on any atom is 0.271 e. The average molecular weight is 428 g/mol. The first-order valence-corrected chi connectivity index (χ1v) is 9.30. The third-order valence-electron chi connectivity index (χ3n) is 3.17. The van der Waals surface area contributed by atoms with Gasteiger partial charge in [0.25, 0.3) is 5.69 Å². The Morgan fingerprint density at radius 1 is 1.20 bits per heavy atom. The third-order valence-corrected chi connectivity index (χ3v) is 5.26. The van der Waals surface area contributed by atoms with Gasteiger partial charge in [-0.2, -0.15) is 4.72 Å². The van der Waals surface area contributed by atoms with Crippen LogP contribution in [0.5, 0.6) is 0 Å². The van der Waals surface area contributed by atoms with E-state index in [9.17, 15) is 23.3 Å². The van der Waals surface area contributed by atoms with E-state index in [1.165, 1.54) is 43.3 Å². The van der Waals surface area contributed by atoms with Crippen molar-refractivity contribution in [2.24, 2.45) is 0 Å². The molecule has 132 valence electrons. The maximum absolute atomic E-state index is 12.3. The van der Waals surface area contributed by atoms with Gasteiger partial charge in [0, 0.05) is 22.3 Å². The lowest BCUT2D eigenvalue weighted by atomic mass is 10.2. The van der Waals surface area contributed by atoms with Crippen molar-refractivity contribution in [3.8, 4) is 0 Å². The second-order valence-corrected chi connectivity index (χ2v) is 7.72. The molecular formula is C15H14BrN3O5S. The lowest BCUT2D eigenvalue weighted by molar-refractivity contribution is -0.384. The van der Waals surface area contributed by atoms with Crippen molar-refractivity contribution >= 4 is 43.2 Å². The van der Waals surface area contributed by atoms with E-state index in [-0.39, 0.29) is 16.3 Å². The number of non-ortho nitro benzene ring substituents is 1. The maximum atomic E-state index is 12.3. The number of hydrogen-bond donors (Lipinski definition) is 2. The monoisotopic (exact) mass is 427 g/mol. The highest BCUT2D eigenvalue weighted by Crippen LogP contribution is 2.18. The van der Waals surface area contributed by atoms with Gasteiger partial charge in [-0.1, -0.05) is 22.0 Å². The molecule has 0 heterocycles. The van der Waals surface area contributed by atoms with E-state index in [0.29, 0.717) is 0 Å². The van der Waals surface area contributed by atoms with Gasteiger partial charge in [-0.25, -0.2) is 8.42 Å². The highest BCUT2D eigenvalue weighted by atomic mass is 79.9. The molecule has 0 radical (unpaired) electrons. The Kier molecular flexibility index (Phi) is 5.88. The number of anilines is 1. The van der Waals surface area contributed by atoms with Gasteiger partial charge in [-0.05, 0) is 37.3 Å². The molecule has 2 aromatic rings. The molecule has 0 aromatic heterocycles. The molecule has 0 aliphatic carbocycles. The third kappa shape index (κ3) is 5.08. The van der Waals surface area contributed by atoms with E-state index >= 15 is 0 Å². The van der Waals surface area contributed by atoms with Crippen LogP contribution >= 0.6 is 15.9 Å². The SMILES string of the molecule is C[C@@H](NS(=O)(=O)c1ccc(Br)cc1)C(=O)Nc1cccc([N+](=O)[O-])c1. The first kappa shape index (κ1) is 19.0. The van der Waals surface area contributed by atoms with Crippen LogP contribution in [0.3, 0.4) is 0 Å². The summed E-state index contributed by atoms with van der Waals surface area (Å²) in [5, 5.41) is 13.2. The molecule has 0 saturated heterocycles. The molecule has 0 fully saturated rings. The van der Waals surface area contributed by atoms with Crippen LogP contribution in [0.1, 0.15) is 6.92 Å². The average Bonchev–Trinajstić information content (AvgIpc) is 2.55. The zero-order valence-corrected chi connectivity index (χ0v) is 15.4. The predicted molar refractivity (Wildman–Crippen MR) is 95.7 cm³/mol. The van der Waals surface area contributed by atoms with Crippen molar-refractivity contribution in [1.29, 1.82) is 0 Å². The van der Waals surface area contributed by atoms with E-state index in [1.807, 2.05) is 0 Å². The molecule has 1 amide bonds. The number of benzene rings is 2. The number of nitro groups is 1. The van der Waals surface area contributed by atoms with Gasteiger partial charge < -0.3 is 5.32 Å². The number of nitro benzene ring substituents is 1. The smallest absolute Gasteiger partial charge is 0.271 e. The Labute approximate surface area is 152 Å². The minimum atomic E-state index is -3.88. The quantitative estimate of drug-likeness (QED) is 0.542. The number of rotatable bonds is 6. The number of sulfonamides is 1. The summed E-state index contributed by atoms with van der Waals surface area (Å²) in [7, 11) is -3.88. The summed E-state index contributed by atoms with van der Waals surface area (Å²) < 4.78 is 27.5. The standard InChI is InChI=1S/C15H14BrN3O5S/c1-10(18-25(23,24)14-7-5-11(16)6-8-14)15(20)17-12-3-2-4-13(9-12)19(21)22/h2-10,18H,1H3,(H,17,20)/t10-/m1/s1. The van der Waals surface area contributed by atoms with Crippen molar-refractivity contribution in [3.05, 3.63) is 63.1 Å². The summed E-state index contributed by atoms with van der Waals surface area (Å²) in [5.41, 5.74) is 0.0229. The largest absolute Gasteiger partial charge is 0.324 e. The van der Waals surface area contributed by atoms with Crippen LogP contribution in [0.25, 0.3) is 0 Å². The van der Waals surface area contributed by atoms with Gasteiger partial charge in [-0.15, -0.1) is 0 Å². The molecule has 25 heavy (non-hydrogen) atoms. The Morgan fingerprint density at radius 2 is 1.84 bits per heavy atom. The molecule has 0 aliphatic heterocycles. The molecule has 0 spiro atoms. The Hall–Kier alpha value is -2.30. The highest BCUT2D eigenvalue weighted by Gasteiger charge is 2.22. The van der Waals surface area contributed by atoms with Crippen molar-refractivity contribution in [3.63, 3.8) is 0 Å². The minimum Gasteiger partial charge on any atom is -0.324 e. The zero-order valence-electron chi connectivity index (χ0n) is 13.0. The Balaban J connectivity index is 2.08. The molecule has 10 heteroatoms. The molecular weight excluding hydrogens is 414 g/mol. The second kappa shape index (κ2) is 7.72. The Morgan fingerprint density at radius 3 is 2.44 bits per heavy atom. The van der Waals surface area contributed by atoms with Crippen LogP contribution in [0, 0.1) is 10.1 Å². The predicted octanol–water partition coefficient (Wildman–Crippen LogP) is 2.66. The lowest BCUT2D eigenvalue weighted by Crippen LogP contribution is -2.41. The molecule has 1 atom stereocenters. The molecule has 8 nitrogen and oxygen atoms in total. The van der Waals surface area contributed by atoms with Crippen LogP contribution in [0.2, 0.25) is 0 Å². The highest BCUT2D eigenvalue weighted by molar-refractivity contribution is 9.10. The topological polar surface area (TPSA) is 118 Å². The molecule has 0 aliphatic rings. The zero-order chi connectivity index (χ0) is 18.6. The molecule has 2 aromatic carbocycles. The van der Waals surface area contributed by atoms with Crippen LogP contribution in [0.15, 0.2) is 57.9 Å². The second-order valence-electron chi connectivity index (χ2n) is 5.09. The fraction of sp³-hybridized carbons (Fsp3) is 0.133. The molecule has 2 N–H and O–H groups in total. The van der Waals surface area contributed by atoms with Crippen molar-refractivity contribution in [2.75, 3.05) is 5.32 Å². The normalized spacial score (nSPS) is 12.4. The van der Waals surface area contributed by atoms with E-state index in [2.05, 4.69) is 26.0 Å². The molecule has 0 bridgehead atoms. The number of carbonyl (C=O) groups excluding carboxylic acids is 1. The summed E-state index contributed by atoms with van der Waals surface area (Å²) >= 11 is 3.21. The van der Waals surface area contributed by atoms with Crippen LogP contribution in [-0.4, -0.2) is 25.3 Å². The van der Waals surface area contributed by atoms with Crippen molar-refractivity contribution < 1.29 is 18.1 Å². The van der Waals surface area contributed by atoms with Gasteiger partial charge in [0.2, 0.25) is 15.9 Å². The van der Waals surface area contributed by atoms with Crippen LogP contribution < -0.4 is 10.0 Å². The summed E-state index contributed by atoms with van der Waals surface area (Å²) in [4.78, 5) is 22.3. The number of carbonyl (C=O) groups is 1. The summed E-state index contributed by atoms with van der Waals surface area (Å²) in [6.45, 7) is 1.38. The van der Waals surface area contributed by atoms with Gasteiger partial charge >= 0.3 is 0 Å². The fourth-order valence-corrected chi connectivity index (χ4v) is 3.38. The molecule has 0 saturated carbocycles. The van der Waals surface area contributed by atoms with Crippen LogP contribution in [-0.2, 0) is 14.8 Å². The van der Waals surface area contributed by atoms with E-state index < -0.39 is 26.9 Å². The first-order valence-electron chi connectivity index (χ1n) is 7.02. The summed E-state index contributed by atoms with van der Waals surface area (Å²) in [6.07, 6.45) is 0. The van der Waals surface area contributed by atoms with Crippen molar-refractivity contribution in [2.45, 2.75) is 17.9 Å². The number of halogens is 1. The van der Waals surface area contributed by atoms with E-state index in [4.69, 9.17) is 0 Å². The summed E-state index contributed by atoms with van der Waals surface area (Å²) in [6, 6.07) is 10.2. The lowest BCUT2D eigenvalue weighted by Gasteiger charge is -2.14. The molecule has 0 unspecified atom stereocenters. The summed E-state index contributed by atoms with van der Waals surface area (Å²) in [5.74, 6) is -0.638. The van der Waals surface area contributed by atoms with Gasteiger partial charge in [0.1, 0.15) is 0 Å². The number of nitrogens with zero attached hydrogens (tertiary/aromatic N) is 1. The molecule has 2 rings (SSSR count). The van der Waals surface area contributed by atoms with Crippen molar-refractivity contribution in [1.82, 2.24) is 4.72 Å². The Bertz CT molecular complexity index is 900. The number of hydrogen-bond acceptors (Lipinski definition) is 5. The fourth-order valence-electron chi connectivity index (χ4n) is 1.92. The van der Waals surface area contributed by atoms with E-state index in [0.717, 1.165) is 4.47 Å². The number of amides is 1. The van der Waals surface area contributed by atoms with Gasteiger partial charge in [-0.3, -0.25) is 14.9 Å². The van der Waals surface area contributed by atoms with Gasteiger partial charge in [0.05, 0.1) is 15.9 Å². The first-order chi connectivity index (χ1) is 11.7. The van der Waals surface area contributed by atoms with Crippen LogP contribution in [0.4, 0.5) is 11.4 Å². The van der Waals surface area contributed by atoms with E-state index in [1.54, 1.807) is 12.1 Å². The minimum absolute atomic E-state index is 0.0192.